The minimum atomic E-state index is -0.628. The zero-order valence-electron chi connectivity index (χ0n) is 11.7. The third-order valence-electron chi connectivity index (χ3n) is 3.47. The lowest BCUT2D eigenvalue weighted by atomic mass is 9.85. The van der Waals surface area contributed by atoms with Crippen molar-refractivity contribution in [2.75, 3.05) is 7.11 Å². The van der Waals surface area contributed by atoms with Crippen molar-refractivity contribution in [1.82, 2.24) is 9.97 Å². The number of ether oxygens (including phenoxy) is 2. The minimum Gasteiger partial charge on any atom is -0.497 e. The smallest absolute Gasteiger partial charge is 0.258 e. The van der Waals surface area contributed by atoms with Crippen LogP contribution in [0, 0.1) is 11.3 Å². The first kappa shape index (κ1) is 13.7. The Morgan fingerprint density at radius 2 is 2.14 bits per heavy atom. The topological polar surface area (TPSA) is 114 Å². The van der Waals surface area contributed by atoms with E-state index in [2.05, 4.69) is 9.97 Å². The summed E-state index contributed by atoms with van der Waals surface area (Å²) in [4.78, 5) is 18.6. The zero-order chi connectivity index (χ0) is 15.7. The summed E-state index contributed by atoms with van der Waals surface area (Å²) < 4.78 is 10.4. The largest absolute Gasteiger partial charge is 0.497 e. The Hall–Kier alpha value is -3.27. The van der Waals surface area contributed by atoms with Crippen molar-refractivity contribution in [3.8, 4) is 17.7 Å². The Kier molecular flexibility index (Phi) is 3.27. The Balaban J connectivity index is 2.23. The van der Waals surface area contributed by atoms with Crippen molar-refractivity contribution in [3.05, 3.63) is 63.5 Å². The molecule has 0 bridgehead atoms. The lowest BCUT2D eigenvalue weighted by Gasteiger charge is -2.24. The fraction of sp³-hybridized carbons (Fsp3) is 0.133. The number of aromatic amines is 1. The molecule has 3 rings (SSSR count). The van der Waals surface area contributed by atoms with Gasteiger partial charge in [0, 0.05) is 0 Å². The number of aromatic nitrogens is 2. The van der Waals surface area contributed by atoms with Crippen LogP contribution in [0.4, 0.5) is 0 Å². The Morgan fingerprint density at radius 1 is 1.41 bits per heavy atom. The summed E-state index contributed by atoms with van der Waals surface area (Å²) in [6.45, 7) is 0. The first-order valence-electron chi connectivity index (χ1n) is 6.44. The van der Waals surface area contributed by atoms with Crippen molar-refractivity contribution in [2.45, 2.75) is 5.92 Å². The highest BCUT2D eigenvalue weighted by Gasteiger charge is 2.33. The second kappa shape index (κ2) is 5.26. The molecular formula is C15H12N4O3. The molecule has 2 heterocycles. The van der Waals surface area contributed by atoms with E-state index in [0.717, 1.165) is 5.56 Å². The number of nitrogens with zero attached hydrogens (tertiary/aromatic N) is 2. The van der Waals surface area contributed by atoms with Crippen LogP contribution in [0.3, 0.4) is 0 Å². The Labute approximate surface area is 125 Å². The van der Waals surface area contributed by atoms with Crippen LogP contribution in [0.15, 0.2) is 46.8 Å². The average Bonchev–Trinajstić information content (AvgIpc) is 2.54. The molecule has 110 valence electrons. The van der Waals surface area contributed by atoms with Gasteiger partial charge in [0.25, 0.3) is 5.56 Å². The van der Waals surface area contributed by atoms with Crippen LogP contribution in [0.25, 0.3) is 0 Å². The van der Waals surface area contributed by atoms with Crippen LogP contribution in [0.1, 0.15) is 17.0 Å². The molecule has 0 fully saturated rings. The maximum Gasteiger partial charge on any atom is 0.258 e. The van der Waals surface area contributed by atoms with Crippen molar-refractivity contribution in [1.29, 1.82) is 5.26 Å². The summed E-state index contributed by atoms with van der Waals surface area (Å²) in [7, 11) is 1.56. The number of fused-ring (bicyclic) bond motifs is 1. The molecule has 1 aromatic carbocycles. The van der Waals surface area contributed by atoms with Gasteiger partial charge in [-0.05, 0) is 17.7 Å². The summed E-state index contributed by atoms with van der Waals surface area (Å²) in [5, 5.41) is 9.39. The molecule has 1 atom stereocenters. The second-order valence-corrected chi connectivity index (χ2v) is 4.65. The lowest BCUT2D eigenvalue weighted by molar-refractivity contribution is 0.375. The van der Waals surface area contributed by atoms with Gasteiger partial charge >= 0.3 is 0 Å². The van der Waals surface area contributed by atoms with E-state index in [1.54, 1.807) is 31.4 Å². The van der Waals surface area contributed by atoms with Gasteiger partial charge in [0.15, 0.2) is 0 Å². The molecule has 7 nitrogen and oxygen atoms in total. The fourth-order valence-electron chi connectivity index (χ4n) is 2.42. The van der Waals surface area contributed by atoms with Gasteiger partial charge in [0.05, 0.1) is 24.9 Å². The highest BCUT2D eigenvalue weighted by Crippen LogP contribution is 2.38. The molecule has 0 unspecified atom stereocenters. The van der Waals surface area contributed by atoms with Gasteiger partial charge in [-0.1, -0.05) is 12.1 Å². The van der Waals surface area contributed by atoms with Gasteiger partial charge in [-0.2, -0.15) is 5.26 Å². The van der Waals surface area contributed by atoms with E-state index in [1.807, 2.05) is 6.07 Å². The summed E-state index contributed by atoms with van der Waals surface area (Å²) in [6.07, 6.45) is 1.23. The van der Waals surface area contributed by atoms with Crippen molar-refractivity contribution in [2.24, 2.45) is 5.73 Å². The molecule has 22 heavy (non-hydrogen) atoms. The number of H-pyrrole nitrogens is 1. The molecule has 0 amide bonds. The van der Waals surface area contributed by atoms with Crippen LogP contribution < -0.4 is 20.8 Å². The van der Waals surface area contributed by atoms with Crippen LogP contribution >= 0.6 is 0 Å². The molecule has 1 aromatic heterocycles. The zero-order valence-corrected chi connectivity index (χ0v) is 11.7. The summed E-state index contributed by atoms with van der Waals surface area (Å²) >= 11 is 0. The van der Waals surface area contributed by atoms with Gasteiger partial charge in [-0.3, -0.25) is 4.79 Å². The number of hydrogen-bond acceptors (Lipinski definition) is 6. The molecular weight excluding hydrogens is 284 g/mol. The van der Waals surface area contributed by atoms with E-state index in [9.17, 15) is 10.1 Å². The third-order valence-corrected chi connectivity index (χ3v) is 3.47. The van der Waals surface area contributed by atoms with Gasteiger partial charge < -0.3 is 20.2 Å². The van der Waals surface area contributed by atoms with E-state index < -0.39 is 5.92 Å². The molecule has 0 saturated carbocycles. The van der Waals surface area contributed by atoms with Gasteiger partial charge in [0.2, 0.25) is 11.8 Å². The maximum atomic E-state index is 12.2. The monoisotopic (exact) mass is 296 g/mol. The predicted octanol–water partition coefficient (Wildman–Crippen LogP) is 0.997. The SMILES string of the molecule is COc1ccc([C@@H]2C(C#N)=C(N)Oc3nc[nH]c(=O)c32)cc1. The quantitative estimate of drug-likeness (QED) is 0.854. The van der Waals surface area contributed by atoms with Crippen LogP contribution in [0.5, 0.6) is 11.6 Å². The third kappa shape index (κ3) is 2.07. The molecule has 0 radical (unpaired) electrons. The Bertz CT molecular complexity index is 846. The van der Waals surface area contributed by atoms with E-state index in [1.165, 1.54) is 6.33 Å². The lowest BCUT2D eigenvalue weighted by Crippen LogP contribution is -2.28. The van der Waals surface area contributed by atoms with Gasteiger partial charge in [-0.25, -0.2) is 4.98 Å². The van der Waals surface area contributed by atoms with Gasteiger partial charge in [-0.15, -0.1) is 0 Å². The normalized spacial score (nSPS) is 16.5. The van der Waals surface area contributed by atoms with Crippen molar-refractivity contribution in [3.63, 3.8) is 0 Å². The molecule has 2 aromatic rings. The van der Waals surface area contributed by atoms with Crippen LogP contribution in [-0.2, 0) is 0 Å². The highest BCUT2D eigenvalue weighted by atomic mass is 16.5. The average molecular weight is 296 g/mol. The maximum absolute atomic E-state index is 12.2. The first-order valence-corrected chi connectivity index (χ1v) is 6.44. The van der Waals surface area contributed by atoms with Gasteiger partial charge in [0.1, 0.15) is 17.4 Å². The molecule has 7 heteroatoms. The molecule has 0 saturated heterocycles. The molecule has 3 N–H and O–H groups in total. The van der Waals surface area contributed by atoms with E-state index in [-0.39, 0.29) is 28.5 Å². The van der Waals surface area contributed by atoms with Crippen molar-refractivity contribution < 1.29 is 9.47 Å². The first-order chi connectivity index (χ1) is 10.7. The number of hydrogen-bond donors (Lipinski definition) is 2. The molecule has 1 aliphatic rings. The number of benzene rings is 1. The highest BCUT2D eigenvalue weighted by molar-refractivity contribution is 5.53. The number of rotatable bonds is 2. The Morgan fingerprint density at radius 3 is 2.77 bits per heavy atom. The summed E-state index contributed by atoms with van der Waals surface area (Å²) in [5.74, 6) is 0.110. The van der Waals surface area contributed by atoms with Crippen LogP contribution in [0.2, 0.25) is 0 Å². The number of nitrogens with two attached hydrogens (primary N) is 1. The number of allylic oxidation sites excluding steroid dienone is 1. The van der Waals surface area contributed by atoms with Crippen LogP contribution in [-0.4, -0.2) is 17.1 Å². The van der Waals surface area contributed by atoms with Crippen molar-refractivity contribution >= 4 is 0 Å². The summed E-state index contributed by atoms with van der Waals surface area (Å²) in [6, 6.07) is 9.06. The predicted molar refractivity (Wildman–Crippen MR) is 77.1 cm³/mol. The molecule has 1 aliphatic heterocycles. The van der Waals surface area contributed by atoms with E-state index >= 15 is 0 Å². The number of nitriles is 1. The summed E-state index contributed by atoms with van der Waals surface area (Å²) in [5.41, 5.74) is 6.59. The minimum absolute atomic E-state index is 0.0473. The number of methoxy groups -OCH3 is 1. The van der Waals surface area contributed by atoms with E-state index in [0.29, 0.717) is 5.75 Å². The standard InChI is InChI=1S/C15H12N4O3/c1-21-9-4-2-8(3-5-9)11-10(6-16)13(17)22-15-12(11)14(20)18-7-19-15/h2-5,7,11H,17H2,1H3,(H,18,19,20)/t11-/m1/s1. The fourth-order valence-corrected chi connectivity index (χ4v) is 2.42. The van der Waals surface area contributed by atoms with E-state index in [4.69, 9.17) is 15.2 Å². The number of nitrogens with one attached hydrogen (secondary N) is 1. The molecule has 0 aliphatic carbocycles. The molecule has 0 spiro atoms. The second-order valence-electron chi connectivity index (χ2n) is 4.65.